The zero-order chi connectivity index (χ0) is 17.7. The summed E-state index contributed by atoms with van der Waals surface area (Å²) >= 11 is 4.94. The standard InChI is InChI=1S/C15H11F5N2OS/c16-13(17)23-12-8-4-3-7-11(12)22-14(24)21-10-6-2-1-5-9(10)15(18,19)20/h1-8,13H,(H2,21,22,24). The molecule has 2 aromatic carbocycles. The third kappa shape index (κ3) is 4.79. The lowest BCUT2D eigenvalue weighted by atomic mass is 10.1. The van der Waals surface area contributed by atoms with Gasteiger partial charge in [-0.2, -0.15) is 22.0 Å². The fourth-order valence-electron chi connectivity index (χ4n) is 1.88. The Bertz CT molecular complexity index is 721. The van der Waals surface area contributed by atoms with E-state index in [-0.39, 0.29) is 22.2 Å². The minimum Gasteiger partial charge on any atom is -0.433 e. The number of anilines is 2. The summed E-state index contributed by atoms with van der Waals surface area (Å²) < 4.78 is 67.8. The Balaban J connectivity index is 2.16. The van der Waals surface area contributed by atoms with E-state index in [1.807, 2.05) is 0 Å². The van der Waals surface area contributed by atoms with Gasteiger partial charge in [0.2, 0.25) is 0 Å². The largest absolute Gasteiger partial charge is 0.433 e. The molecular weight excluding hydrogens is 351 g/mol. The molecule has 0 spiro atoms. The number of alkyl halides is 5. The van der Waals surface area contributed by atoms with Crippen LogP contribution in [0.2, 0.25) is 0 Å². The number of rotatable bonds is 4. The molecule has 0 heterocycles. The van der Waals surface area contributed by atoms with Crippen molar-refractivity contribution in [1.29, 1.82) is 0 Å². The molecule has 3 nitrogen and oxygen atoms in total. The van der Waals surface area contributed by atoms with Gasteiger partial charge in [-0.05, 0) is 36.5 Å². The first kappa shape index (κ1) is 17.9. The molecule has 9 heteroatoms. The summed E-state index contributed by atoms with van der Waals surface area (Å²) in [7, 11) is 0. The summed E-state index contributed by atoms with van der Waals surface area (Å²) in [4.78, 5) is 0. The molecule has 0 aliphatic carbocycles. The van der Waals surface area contributed by atoms with E-state index in [2.05, 4.69) is 15.4 Å². The predicted molar refractivity (Wildman–Crippen MR) is 84.4 cm³/mol. The molecule has 2 N–H and O–H groups in total. The van der Waals surface area contributed by atoms with Crippen molar-refractivity contribution in [1.82, 2.24) is 0 Å². The second kappa shape index (κ2) is 7.43. The number of halogens is 5. The predicted octanol–water partition coefficient (Wildman–Crippen LogP) is 5.12. The monoisotopic (exact) mass is 362 g/mol. The van der Waals surface area contributed by atoms with Crippen LogP contribution >= 0.6 is 12.2 Å². The molecule has 0 aliphatic heterocycles. The van der Waals surface area contributed by atoms with Crippen molar-refractivity contribution in [2.45, 2.75) is 12.8 Å². The second-order valence-corrected chi connectivity index (χ2v) is 4.91. The average Bonchev–Trinajstić information content (AvgIpc) is 2.48. The molecule has 0 bridgehead atoms. The van der Waals surface area contributed by atoms with Gasteiger partial charge < -0.3 is 15.4 Å². The van der Waals surface area contributed by atoms with Gasteiger partial charge in [0.05, 0.1) is 16.9 Å². The molecule has 0 aliphatic rings. The van der Waals surface area contributed by atoms with E-state index in [1.165, 1.54) is 42.5 Å². The van der Waals surface area contributed by atoms with Crippen LogP contribution in [0.25, 0.3) is 0 Å². The molecule has 0 fully saturated rings. The molecule has 2 aromatic rings. The highest BCUT2D eigenvalue weighted by Gasteiger charge is 2.33. The highest BCUT2D eigenvalue weighted by Crippen LogP contribution is 2.34. The molecule has 0 atom stereocenters. The SMILES string of the molecule is FC(F)Oc1ccccc1NC(=S)Nc1ccccc1C(F)(F)F. The molecule has 0 amide bonds. The van der Waals surface area contributed by atoms with Crippen LogP contribution in [0.5, 0.6) is 5.75 Å². The summed E-state index contributed by atoms with van der Waals surface area (Å²) in [5.74, 6) is -0.180. The Kier molecular flexibility index (Phi) is 5.55. The van der Waals surface area contributed by atoms with Gasteiger partial charge in [-0.3, -0.25) is 0 Å². The molecule has 0 radical (unpaired) electrons. The van der Waals surface area contributed by atoms with Gasteiger partial charge >= 0.3 is 12.8 Å². The summed E-state index contributed by atoms with van der Waals surface area (Å²) in [5, 5.41) is 4.74. The lowest BCUT2D eigenvalue weighted by Crippen LogP contribution is -2.22. The van der Waals surface area contributed by atoms with E-state index in [9.17, 15) is 22.0 Å². The first-order chi connectivity index (χ1) is 11.3. The maximum atomic E-state index is 12.9. The Morgan fingerprint density at radius 2 is 1.46 bits per heavy atom. The Morgan fingerprint density at radius 1 is 0.917 bits per heavy atom. The molecule has 0 saturated heterocycles. The van der Waals surface area contributed by atoms with Gasteiger partial charge in [-0.1, -0.05) is 24.3 Å². The Labute approximate surface area is 139 Å². The van der Waals surface area contributed by atoms with Gasteiger partial charge in [0, 0.05) is 0 Å². The molecule has 0 saturated carbocycles. The molecule has 128 valence electrons. The van der Waals surface area contributed by atoms with Crippen LogP contribution in [0.3, 0.4) is 0 Å². The van der Waals surface area contributed by atoms with E-state index in [4.69, 9.17) is 12.2 Å². The maximum Gasteiger partial charge on any atom is 0.418 e. The average molecular weight is 362 g/mol. The van der Waals surface area contributed by atoms with E-state index in [0.29, 0.717) is 0 Å². The van der Waals surface area contributed by atoms with Crippen LogP contribution < -0.4 is 15.4 Å². The van der Waals surface area contributed by atoms with Crippen molar-refractivity contribution < 1.29 is 26.7 Å². The van der Waals surface area contributed by atoms with Crippen molar-refractivity contribution in [3.8, 4) is 5.75 Å². The third-order valence-electron chi connectivity index (χ3n) is 2.83. The number of thiocarbonyl (C=S) groups is 1. The van der Waals surface area contributed by atoms with Crippen molar-refractivity contribution in [3.05, 3.63) is 54.1 Å². The summed E-state index contributed by atoms with van der Waals surface area (Å²) in [6, 6.07) is 10.5. The molecule has 24 heavy (non-hydrogen) atoms. The Morgan fingerprint density at radius 3 is 2.08 bits per heavy atom. The van der Waals surface area contributed by atoms with Gasteiger partial charge in [-0.15, -0.1) is 0 Å². The molecule has 0 unspecified atom stereocenters. The third-order valence-corrected chi connectivity index (χ3v) is 3.04. The normalized spacial score (nSPS) is 11.2. The highest BCUT2D eigenvalue weighted by molar-refractivity contribution is 7.80. The zero-order valence-electron chi connectivity index (χ0n) is 11.9. The zero-order valence-corrected chi connectivity index (χ0v) is 12.7. The number of ether oxygens (including phenoxy) is 1. The van der Waals surface area contributed by atoms with Crippen LogP contribution in [0.15, 0.2) is 48.5 Å². The van der Waals surface area contributed by atoms with Gasteiger partial charge in [0.1, 0.15) is 5.75 Å². The fourth-order valence-corrected chi connectivity index (χ4v) is 2.10. The van der Waals surface area contributed by atoms with Crippen LogP contribution in [-0.2, 0) is 6.18 Å². The van der Waals surface area contributed by atoms with Crippen LogP contribution in [0.4, 0.5) is 33.3 Å². The summed E-state index contributed by atoms with van der Waals surface area (Å²) in [6.07, 6.45) is -4.56. The Hall–Kier alpha value is -2.42. The van der Waals surface area contributed by atoms with E-state index in [0.717, 1.165) is 6.07 Å². The minimum absolute atomic E-state index is 0.0970. The molecule has 0 aromatic heterocycles. The van der Waals surface area contributed by atoms with Gasteiger partial charge in [-0.25, -0.2) is 0 Å². The van der Waals surface area contributed by atoms with E-state index >= 15 is 0 Å². The van der Waals surface area contributed by atoms with Crippen molar-refractivity contribution in [2.75, 3.05) is 10.6 Å². The van der Waals surface area contributed by atoms with Crippen molar-refractivity contribution in [3.63, 3.8) is 0 Å². The van der Waals surface area contributed by atoms with Crippen molar-refractivity contribution in [2.24, 2.45) is 0 Å². The second-order valence-electron chi connectivity index (χ2n) is 4.50. The van der Waals surface area contributed by atoms with Crippen molar-refractivity contribution >= 4 is 28.7 Å². The first-order valence-electron chi connectivity index (χ1n) is 6.55. The highest BCUT2D eigenvalue weighted by atomic mass is 32.1. The first-order valence-corrected chi connectivity index (χ1v) is 6.96. The van der Waals surface area contributed by atoms with Gasteiger partial charge in [0.25, 0.3) is 0 Å². The number of hydrogen-bond donors (Lipinski definition) is 2. The number of nitrogens with one attached hydrogen (secondary N) is 2. The van der Waals surface area contributed by atoms with Gasteiger partial charge in [0.15, 0.2) is 5.11 Å². The molecule has 2 rings (SSSR count). The number of para-hydroxylation sites is 3. The summed E-state index contributed by atoms with van der Waals surface area (Å²) in [5.41, 5.74) is -1.05. The fraction of sp³-hybridized carbons (Fsp3) is 0.133. The number of hydrogen-bond acceptors (Lipinski definition) is 2. The quantitative estimate of drug-likeness (QED) is 0.585. The van der Waals surface area contributed by atoms with Crippen LogP contribution in [0, 0.1) is 0 Å². The topological polar surface area (TPSA) is 33.3 Å². The van der Waals surface area contributed by atoms with Crippen LogP contribution in [-0.4, -0.2) is 11.7 Å². The van der Waals surface area contributed by atoms with Crippen LogP contribution in [0.1, 0.15) is 5.56 Å². The number of benzene rings is 2. The summed E-state index contributed by atoms with van der Waals surface area (Å²) in [6.45, 7) is -3.04. The minimum atomic E-state index is -4.56. The smallest absolute Gasteiger partial charge is 0.418 e. The maximum absolute atomic E-state index is 12.9. The van der Waals surface area contributed by atoms with E-state index in [1.54, 1.807) is 0 Å². The molecular formula is C15H11F5N2OS. The lowest BCUT2D eigenvalue weighted by Gasteiger charge is -2.17. The lowest BCUT2D eigenvalue weighted by molar-refractivity contribution is -0.136. The van der Waals surface area contributed by atoms with E-state index < -0.39 is 18.4 Å².